The first kappa shape index (κ1) is 21.3. The van der Waals surface area contributed by atoms with Crippen LogP contribution in [0.5, 0.6) is 0 Å². The van der Waals surface area contributed by atoms with Crippen molar-refractivity contribution < 1.29 is 9.50 Å². The fourth-order valence-corrected chi connectivity index (χ4v) is 4.48. The Morgan fingerprint density at radius 1 is 1.18 bits per heavy atom. The molecule has 0 radical (unpaired) electrons. The lowest BCUT2D eigenvalue weighted by Gasteiger charge is -2.44. The summed E-state index contributed by atoms with van der Waals surface area (Å²) in [5, 5.41) is 12.9. The van der Waals surface area contributed by atoms with Gasteiger partial charge < -0.3 is 10.0 Å². The van der Waals surface area contributed by atoms with Crippen LogP contribution < -0.4 is 0 Å². The van der Waals surface area contributed by atoms with Gasteiger partial charge in [0, 0.05) is 34.5 Å². The lowest BCUT2D eigenvalue weighted by molar-refractivity contribution is -0.0128. The van der Waals surface area contributed by atoms with Crippen molar-refractivity contribution in [2.24, 2.45) is 5.92 Å². The molecular weight excluding hydrogens is 396 g/mol. The van der Waals surface area contributed by atoms with Gasteiger partial charge in [0.1, 0.15) is 5.82 Å². The van der Waals surface area contributed by atoms with Crippen LogP contribution in [0.4, 0.5) is 4.39 Å². The van der Waals surface area contributed by atoms with E-state index in [1.165, 1.54) is 6.07 Å². The molecule has 1 aliphatic rings. The molecule has 2 nitrogen and oxygen atoms in total. The van der Waals surface area contributed by atoms with Crippen molar-refractivity contribution in [2.45, 2.75) is 31.3 Å². The third-order valence-corrected chi connectivity index (χ3v) is 6.14. The Bertz CT molecular complexity index is 830. The van der Waals surface area contributed by atoms with Crippen molar-refractivity contribution in [3.63, 3.8) is 0 Å². The number of hydrogen-bond donors (Lipinski definition) is 1. The molecule has 0 spiro atoms. The molecule has 0 bridgehead atoms. The third kappa shape index (κ3) is 4.77. The van der Waals surface area contributed by atoms with Gasteiger partial charge in [-0.1, -0.05) is 47.5 Å². The van der Waals surface area contributed by atoms with E-state index in [4.69, 9.17) is 23.2 Å². The highest BCUT2D eigenvalue weighted by atomic mass is 35.5. The summed E-state index contributed by atoms with van der Waals surface area (Å²) in [5.74, 6) is -0.383. The largest absolute Gasteiger partial charge is 0.385 e. The molecule has 1 aliphatic carbocycles. The minimum absolute atomic E-state index is 0.00882. The van der Waals surface area contributed by atoms with E-state index in [2.05, 4.69) is 4.90 Å². The Balaban J connectivity index is 2.04. The van der Waals surface area contributed by atoms with Crippen molar-refractivity contribution in [3.8, 4) is 0 Å². The maximum absolute atomic E-state index is 14.5. The van der Waals surface area contributed by atoms with Crippen molar-refractivity contribution in [3.05, 3.63) is 75.0 Å². The van der Waals surface area contributed by atoms with Crippen LogP contribution in [0, 0.1) is 11.7 Å². The molecule has 1 saturated carbocycles. The molecule has 150 valence electrons. The molecular formula is C23H26Cl2FNO. The number of nitrogens with zero attached hydrogens (tertiary/aromatic N) is 1. The van der Waals surface area contributed by atoms with E-state index in [0.29, 0.717) is 15.6 Å². The molecule has 2 aromatic carbocycles. The highest BCUT2D eigenvalue weighted by Crippen LogP contribution is 2.43. The molecule has 2 unspecified atom stereocenters. The smallest absolute Gasteiger partial charge is 0.128 e. The first-order valence-electron chi connectivity index (χ1n) is 9.56. The molecule has 0 aliphatic heterocycles. The van der Waals surface area contributed by atoms with E-state index in [1.807, 2.05) is 44.4 Å². The highest BCUT2D eigenvalue weighted by Gasteiger charge is 2.43. The van der Waals surface area contributed by atoms with Crippen LogP contribution in [0.1, 0.15) is 30.4 Å². The molecule has 1 N–H and O–H groups in total. The van der Waals surface area contributed by atoms with E-state index >= 15 is 0 Å². The zero-order chi connectivity index (χ0) is 20.3. The summed E-state index contributed by atoms with van der Waals surface area (Å²) in [6.45, 7) is 0.723. The molecule has 2 aromatic rings. The van der Waals surface area contributed by atoms with Crippen LogP contribution in [-0.2, 0) is 6.42 Å². The Labute approximate surface area is 176 Å². The monoisotopic (exact) mass is 421 g/mol. The summed E-state index contributed by atoms with van der Waals surface area (Å²) in [6, 6.07) is 12.2. The van der Waals surface area contributed by atoms with Gasteiger partial charge in [-0.2, -0.15) is 0 Å². The van der Waals surface area contributed by atoms with E-state index in [-0.39, 0.29) is 18.2 Å². The van der Waals surface area contributed by atoms with Crippen molar-refractivity contribution in [2.75, 3.05) is 20.6 Å². The van der Waals surface area contributed by atoms with Crippen LogP contribution in [0.3, 0.4) is 0 Å². The molecule has 1 fully saturated rings. The second-order valence-electron chi connectivity index (χ2n) is 7.87. The van der Waals surface area contributed by atoms with Crippen LogP contribution in [0.2, 0.25) is 10.0 Å². The van der Waals surface area contributed by atoms with E-state index in [0.717, 1.165) is 36.9 Å². The molecule has 2 atom stereocenters. The van der Waals surface area contributed by atoms with Crippen molar-refractivity contribution >= 4 is 29.3 Å². The van der Waals surface area contributed by atoms with Crippen LogP contribution in [-0.4, -0.2) is 36.2 Å². The second-order valence-corrected chi connectivity index (χ2v) is 8.72. The van der Waals surface area contributed by atoms with Gasteiger partial charge in [-0.15, -0.1) is 0 Å². The predicted molar refractivity (Wildman–Crippen MR) is 115 cm³/mol. The summed E-state index contributed by atoms with van der Waals surface area (Å²) in [4.78, 5) is 2.07. The molecule has 0 amide bonds. The summed E-state index contributed by atoms with van der Waals surface area (Å²) >= 11 is 12.3. The van der Waals surface area contributed by atoms with Crippen molar-refractivity contribution in [1.82, 2.24) is 4.90 Å². The molecule has 0 saturated heterocycles. The topological polar surface area (TPSA) is 23.5 Å². The first-order valence-corrected chi connectivity index (χ1v) is 10.3. The number of halogens is 3. The van der Waals surface area contributed by atoms with Gasteiger partial charge in [0.2, 0.25) is 0 Å². The summed E-state index contributed by atoms with van der Waals surface area (Å²) in [6.07, 6.45) is 4.84. The minimum atomic E-state index is -1.16. The Hall–Kier alpha value is -1.39. The molecule has 3 rings (SSSR count). The van der Waals surface area contributed by atoms with E-state index in [9.17, 15) is 9.50 Å². The lowest BCUT2D eigenvalue weighted by atomic mass is 9.68. The average Bonchev–Trinajstić information content (AvgIpc) is 2.63. The number of aliphatic hydroxyl groups is 1. The molecule has 28 heavy (non-hydrogen) atoms. The zero-order valence-corrected chi connectivity index (χ0v) is 17.8. The standard InChI is InChI=1S/C23H26Cl2FNO/c1-27(2)15-18-6-3-5-17(13-16-9-11-19(24)12-10-16)23(18,28)14-20-21(25)7-4-8-22(20)26/h4,7-13,18,28H,3,5-6,14-15H2,1-2H3/b17-13-. The lowest BCUT2D eigenvalue weighted by Crippen LogP contribution is -2.48. The fourth-order valence-electron chi connectivity index (χ4n) is 4.13. The zero-order valence-electron chi connectivity index (χ0n) is 16.3. The molecule has 0 aromatic heterocycles. The van der Waals surface area contributed by atoms with E-state index in [1.54, 1.807) is 12.1 Å². The first-order chi connectivity index (χ1) is 13.3. The summed E-state index contributed by atoms with van der Waals surface area (Å²) in [7, 11) is 3.99. The van der Waals surface area contributed by atoms with Gasteiger partial charge in [-0.3, -0.25) is 0 Å². The Morgan fingerprint density at radius 2 is 1.89 bits per heavy atom. The van der Waals surface area contributed by atoms with Gasteiger partial charge in [-0.05, 0) is 68.8 Å². The Kier molecular flexibility index (Phi) is 6.82. The number of benzene rings is 2. The van der Waals surface area contributed by atoms with Gasteiger partial charge >= 0.3 is 0 Å². The minimum Gasteiger partial charge on any atom is -0.385 e. The van der Waals surface area contributed by atoms with Crippen LogP contribution >= 0.6 is 23.2 Å². The maximum Gasteiger partial charge on any atom is 0.128 e. The molecule has 5 heteroatoms. The highest BCUT2D eigenvalue weighted by molar-refractivity contribution is 6.31. The SMILES string of the molecule is CN(C)CC1CCC/C(=C/c2ccc(Cl)cc2)C1(O)Cc1c(F)cccc1Cl. The average molecular weight is 422 g/mol. The quantitative estimate of drug-likeness (QED) is 0.653. The van der Waals surface area contributed by atoms with Crippen molar-refractivity contribution in [1.29, 1.82) is 0 Å². The van der Waals surface area contributed by atoms with Crippen LogP contribution in [0.25, 0.3) is 6.08 Å². The predicted octanol–water partition coefficient (Wildman–Crippen LogP) is 5.85. The van der Waals surface area contributed by atoms with Gasteiger partial charge in [0.15, 0.2) is 0 Å². The fraction of sp³-hybridized carbons (Fsp3) is 0.391. The van der Waals surface area contributed by atoms with Crippen LogP contribution in [0.15, 0.2) is 48.0 Å². The third-order valence-electron chi connectivity index (χ3n) is 5.53. The summed E-state index contributed by atoms with van der Waals surface area (Å²) < 4.78 is 14.5. The number of rotatable bonds is 5. The van der Waals surface area contributed by atoms with E-state index < -0.39 is 5.60 Å². The van der Waals surface area contributed by atoms with Gasteiger partial charge in [-0.25, -0.2) is 4.39 Å². The number of hydrogen-bond acceptors (Lipinski definition) is 2. The second kappa shape index (κ2) is 8.96. The maximum atomic E-state index is 14.5. The Morgan fingerprint density at radius 3 is 2.54 bits per heavy atom. The normalized spacial score (nSPS) is 24.1. The van der Waals surface area contributed by atoms with Gasteiger partial charge in [0.05, 0.1) is 5.60 Å². The van der Waals surface area contributed by atoms with Gasteiger partial charge in [0.25, 0.3) is 0 Å². The molecule has 0 heterocycles. The summed E-state index contributed by atoms with van der Waals surface area (Å²) in [5.41, 5.74) is 1.11.